The number of carbonyl (C=O) groups is 1. The minimum absolute atomic E-state index is 0.152. The zero-order valence-corrected chi connectivity index (χ0v) is 11.5. The van der Waals surface area contributed by atoms with E-state index in [1.54, 1.807) is 6.20 Å². The molecule has 1 unspecified atom stereocenters. The lowest BCUT2D eigenvalue weighted by Gasteiger charge is -2.32. The van der Waals surface area contributed by atoms with E-state index in [2.05, 4.69) is 0 Å². The molecule has 1 aromatic carbocycles. The molecule has 0 spiro atoms. The minimum Gasteiger partial charge on any atom is -0.446 e. The number of amides is 1. The van der Waals surface area contributed by atoms with Crippen LogP contribution in [0.4, 0.5) is 4.79 Å². The third-order valence-corrected chi connectivity index (χ3v) is 2.80. The van der Waals surface area contributed by atoms with E-state index in [0.717, 1.165) is 11.1 Å². The summed E-state index contributed by atoms with van der Waals surface area (Å²) in [5.74, 6) is 0. The van der Waals surface area contributed by atoms with Crippen LogP contribution in [0.3, 0.4) is 0 Å². The van der Waals surface area contributed by atoms with Crippen LogP contribution in [0.25, 0.3) is 6.08 Å². The second kappa shape index (κ2) is 5.89. The molecular formula is C15H19NO3. The van der Waals surface area contributed by atoms with Crippen LogP contribution in [0.15, 0.2) is 30.5 Å². The van der Waals surface area contributed by atoms with Crippen LogP contribution in [-0.4, -0.2) is 23.7 Å². The van der Waals surface area contributed by atoms with Crippen LogP contribution >= 0.6 is 0 Å². The molecule has 1 aromatic rings. The van der Waals surface area contributed by atoms with Gasteiger partial charge in [-0.3, -0.25) is 4.90 Å². The second-order valence-corrected chi connectivity index (χ2v) is 4.59. The van der Waals surface area contributed by atoms with Crippen molar-refractivity contribution in [2.24, 2.45) is 0 Å². The number of hydrogen-bond acceptors (Lipinski definition) is 3. The van der Waals surface area contributed by atoms with Gasteiger partial charge in [0.05, 0.1) is 6.10 Å². The Morgan fingerprint density at radius 3 is 2.79 bits per heavy atom. The topological polar surface area (TPSA) is 38.8 Å². The third-order valence-electron chi connectivity index (χ3n) is 2.80. The van der Waals surface area contributed by atoms with Crippen molar-refractivity contribution in [1.29, 1.82) is 0 Å². The van der Waals surface area contributed by atoms with Crippen molar-refractivity contribution in [2.45, 2.75) is 33.1 Å². The van der Waals surface area contributed by atoms with E-state index in [1.807, 2.05) is 51.1 Å². The van der Waals surface area contributed by atoms with Gasteiger partial charge in [-0.05, 0) is 32.4 Å². The highest BCUT2D eigenvalue weighted by Gasteiger charge is 2.29. The van der Waals surface area contributed by atoms with Crippen molar-refractivity contribution in [1.82, 2.24) is 4.90 Å². The highest BCUT2D eigenvalue weighted by atomic mass is 16.6. The van der Waals surface area contributed by atoms with Crippen LogP contribution in [-0.2, 0) is 9.47 Å². The molecule has 0 aliphatic carbocycles. The molecule has 1 aliphatic rings. The van der Waals surface area contributed by atoms with E-state index in [9.17, 15) is 4.79 Å². The molecule has 0 saturated carbocycles. The maximum atomic E-state index is 12.1. The molecule has 4 heteroatoms. The Kier molecular flexibility index (Phi) is 4.22. The molecule has 1 atom stereocenters. The van der Waals surface area contributed by atoms with Crippen LogP contribution in [0, 0.1) is 0 Å². The molecule has 0 radical (unpaired) electrons. The first-order valence-corrected chi connectivity index (χ1v) is 6.51. The van der Waals surface area contributed by atoms with E-state index in [1.165, 1.54) is 4.90 Å². The summed E-state index contributed by atoms with van der Waals surface area (Å²) in [6.45, 7) is 6.09. The van der Waals surface area contributed by atoms with E-state index >= 15 is 0 Å². The number of rotatable bonds is 3. The Labute approximate surface area is 113 Å². The molecule has 0 bridgehead atoms. The van der Waals surface area contributed by atoms with Crippen LogP contribution in [0.1, 0.15) is 38.1 Å². The van der Waals surface area contributed by atoms with Crippen molar-refractivity contribution in [3.05, 3.63) is 41.6 Å². The number of nitrogens with zero attached hydrogens (tertiary/aromatic N) is 1. The van der Waals surface area contributed by atoms with Gasteiger partial charge in [-0.15, -0.1) is 0 Å². The van der Waals surface area contributed by atoms with E-state index in [0.29, 0.717) is 6.61 Å². The normalized spacial score (nSPS) is 17.5. The molecule has 0 saturated heterocycles. The quantitative estimate of drug-likeness (QED) is 0.835. The van der Waals surface area contributed by atoms with E-state index in [4.69, 9.17) is 9.47 Å². The summed E-state index contributed by atoms with van der Waals surface area (Å²) in [5, 5.41) is 0. The van der Waals surface area contributed by atoms with Gasteiger partial charge in [0.2, 0.25) is 0 Å². The molecule has 102 valence electrons. The molecule has 2 rings (SSSR count). The first-order chi connectivity index (χ1) is 9.13. The predicted molar refractivity (Wildman–Crippen MR) is 73.3 cm³/mol. The Bertz CT molecular complexity index is 482. The fourth-order valence-corrected chi connectivity index (χ4v) is 2.02. The monoisotopic (exact) mass is 261 g/mol. The lowest BCUT2D eigenvalue weighted by Crippen LogP contribution is -2.35. The summed E-state index contributed by atoms with van der Waals surface area (Å²) in [4.78, 5) is 13.6. The summed E-state index contributed by atoms with van der Waals surface area (Å²) in [5.41, 5.74) is 2.04. The second-order valence-electron chi connectivity index (χ2n) is 4.59. The summed E-state index contributed by atoms with van der Waals surface area (Å²) >= 11 is 0. The van der Waals surface area contributed by atoms with Gasteiger partial charge in [-0.1, -0.05) is 24.3 Å². The smallest absolute Gasteiger partial charge is 0.416 e. The maximum Gasteiger partial charge on any atom is 0.416 e. The zero-order chi connectivity index (χ0) is 13.8. The zero-order valence-electron chi connectivity index (χ0n) is 11.5. The summed E-state index contributed by atoms with van der Waals surface area (Å²) in [7, 11) is 0. The summed E-state index contributed by atoms with van der Waals surface area (Å²) < 4.78 is 10.9. The van der Waals surface area contributed by atoms with Gasteiger partial charge < -0.3 is 9.47 Å². The Morgan fingerprint density at radius 2 is 2.11 bits per heavy atom. The summed E-state index contributed by atoms with van der Waals surface area (Å²) in [6, 6.07) is 7.88. The SMILES string of the molecule is CCOC1c2ccccc2C=CN1C(=O)OC(C)C. The number of carbonyl (C=O) groups excluding carboxylic acids is 1. The van der Waals surface area contributed by atoms with Crippen LogP contribution < -0.4 is 0 Å². The molecule has 0 N–H and O–H groups in total. The lowest BCUT2D eigenvalue weighted by molar-refractivity contribution is -0.0366. The van der Waals surface area contributed by atoms with Gasteiger partial charge in [-0.25, -0.2) is 4.79 Å². The van der Waals surface area contributed by atoms with E-state index in [-0.39, 0.29) is 12.2 Å². The number of ether oxygens (including phenoxy) is 2. The van der Waals surface area contributed by atoms with Gasteiger partial charge in [0.15, 0.2) is 6.23 Å². The predicted octanol–water partition coefficient (Wildman–Crippen LogP) is 3.55. The van der Waals surface area contributed by atoms with Crippen molar-refractivity contribution in [3.63, 3.8) is 0 Å². The average Bonchev–Trinajstić information content (AvgIpc) is 2.38. The first-order valence-electron chi connectivity index (χ1n) is 6.51. The van der Waals surface area contributed by atoms with E-state index < -0.39 is 6.23 Å². The van der Waals surface area contributed by atoms with Crippen LogP contribution in [0.2, 0.25) is 0 Å². The Balaban J connectivity index is 2.28. The van der Waals surface area contributed by atoms with Gasteiger partial charge in [-0.2, -0.15) is 0 Å². The molecule has 1 aliphatic heterocycles. The molecule has 0 aromatic heterocycles. The number of benzene rings is 1. The Morgan fingerprint density at radius 1 is 1.37 bits per heavy atom. The van der Waals surface area contributed by atoms with Gasteiger partial charge in [0, 0.05) is 18.4 Å². The lowest BCUT2D eigenvalue weighted by atomic mass is 10.0. The fourth-order valence-electron chi connectivity index (χ4n) is 2.02. The minimum atomic E-state index is -0.419. The summed E-state index contributed by atoms with van der Waals surface area (Å²) in [6.07, 6.45) is 2.65. The van der Waals surface area contributed by atoms with Crippen molar-refractivity contribution in [3.8, 4) is 0 Å². The molecular weight excluding hydrogens is 242 g/mol. The van der Waals surface area contributed by atoms with Gasteiger partial charge in [0.1, 0.15) is 0 Å². The highest BCUT2D eigenvalue weighted by Crippen LogP contribution is 2.31. The van der Waals surface area contributed by atoms with Crippen LogP contribution in [0.5, 0.6) is 0 Å². The molecule has 1 amide bonds. The van der Waals surface area contributed by atoms with Crippen molar-refractivity contribution in [2.75, 3.05) is 6.61 Å². The molecule has 4 nitrogen and oxygen atoms in total. The standard InChI is InChI=1S/C15H19NO3/c1-4-18-14-13-8-6-5-7-12(13)9-10-16(14)15(17)19-11(2)3/h5-11,14H,4H2,1-3H3. The molecule has 1 heterocycles. The largest absolute Gasteiger partial charge is 0.446 e. The Hall–Kier alpha value is -1.81. The van der Waals surface area contributed by atoms with Crippen molar-refractivity contribution >= 4 is 12.2 Å². The highest BCUT2D eigenvalue weighted by molar-refractivity contribution is 5.73. The number of fused-ring (bicyclic) bond motifs is 1. The van der Waals surface area contributed by atoms with Gasteiger partial charge in [0.25, 0.3) is 0 Å². The molecule has 19 heavy (non-hydrogen) atoms. The average molecular weight is 261 g/mol. The number of hydrogen-bond donors (Lipinski definition) is 0. The maximum absolute atomic E-state index is 12.1. The van der Waals surface area contributed by atoms with Gasteiger partial charge >= 0.3 is 6.09 Å². The third kappa shape index (κ3) is 2.96. The van der Waals surface area contributed by atoms with Crippen molar-refractivity contribution < 1.29 is 14.3 Å². The fraction of sp³-hybridized carbons (Fsp3) is 0.400. The molecule has 0 fully saturated rings. The first kappa shape index (κ1) is 13.6.